The number of carbonyl (C=O) groups excluding carboxylic acids is 1. The van der Waals surface area contributed by atoms with Gasteiger partial charge in [-0.15, -0.1) is 0 Å². The van der Waals surface area contributed by atoms with E-state index in [1.807, 2.05) is 0 Å². The second kappa shape index (κ2) is 4.03. The third-order valence-electron chi connectivity index (χ3n) is 1.21. The maximum atomic E-state index is 10.1. The van der Waals surface area contributed by atoms with E-state index in [0.29, 0.717) is 0 Å². The van der Waals surface area contributed by atoms with Crippen LogP contribution in [0, 0.1) is 0 Å². The number of carboxylic acid groups (broad SMARTS) is 1. The first-order valence-corrected chi connectivity index (χ1v) is 6.89. The van der Waals surface area contributed by atoms with E-state index >= 15 is 0 Å². The van der Waals surface area contributed by atoms with Gasteiger partial charge in [0.2, 0.25) is 0 Å². The van der Waals surface area contributed by atoms with Crippen LogP contribution in [-0.4, -0.2) is 38.2 Å². The van der Waals surface area contributed by atoms with Crippen LogP contribution in [0.3, 0.4) is 0 Å². The van der Waals surface area contributed by atoms with Crippen molar-refractivity contribution in [1.29, 1.82) is 0 Å². The summed E-state index contributed by atoms with van der Waals surface area (Å²) in [7, 11) is -0.944. The van der Waals surface area contributed by atoms with Crippen LogP contribution in [0.25, 0.3) is 0 Å². The van der Waals surface area contributed by atoms with Gasteiger partial charge in [0.25, 0.3) is 0 Å². The highest BCUT2D eigenvalue weighted by atomic mass is 31.2. The first-order chi connectivity index (χ1) is 4.81. The van der Waals surface area contributed by atoms with Crippen LogP contribution in [0.2, 0.25) is 0 Å². The van der Waals surface area contributed by atoms with Gasteiger partial charge < -0.3 is 15.6 Å². The van der Waals surface area contributed by atoms with Crippen LogP contribution in [0.5, 0.6) is 0 Å². The minimum Gasteiger partial charge on any atom is -0.550 e. The van der Waals surface area contributed by atoms with Crippen LogP contribution in [0.4, 0.5) is 0 Å². The maximum absolute atomic E-state index is 10.1. The molecule has 2 N–H and O–H groups in total. The lowest BCUT2D eigenvalue weighted by molar-refractivity contribution is -0.305. The van der Waals surface area contributed by atoms with Crippen molar-refractivity contribution in [3.8, 4) is 0 Å². The summed E-state index contributed by atoms with van der Waals surface area (Å²) in [6.45, 7) is 6.42. The van der Waals surface area contributed by atoms with E-state index in [1.54, 1.807) is 0 Å². The summed E-state index contributed by atoms with van der Waals surface area (Å²) < 4.78 is 0. The Balaban J connectivity index is 3.69. The monoisotopic (exact) mass is 177 g/mol. The van der Waals surface area contributed by atoms with Crippen molar-refractivity contribution in [3.05, 3.63) is 0 Å². The molecule has 0 aliphatic carbocycles. The van der Waals surface area contributed by atoms with E-state index in [-0.39, 0.29) is 12.5 Å². The molecule has 0 saturated carbocycles. The largest absolute Gasteiger partial charge is 0.550 e. The highest BCUT2D eigenvalue weighted by molar-refractivity contribution is 7.73. The second-order valence-electron chi connectivity index (χ2n) is 3.81. The van der Waals surface area contributed by atoms with Crippen molar-refractivity contribution in [2.45, 2.75) is 12.5 Å². The molecule has 0 heterocycles. The molecular weight excluding hydrogens is 161 g/mol. The Kier molecular flexibility index (Phi) is 3.98. The number of carboxylic acids is 1. The summed E-state index contributed by atoms with van der Waals surface area (Å²) in [5, 5.41) is 10.1. The minimum absolute atomic E-state index is 0.0166. The number of nitrogens with two attached hydrogens (primary N) is 1. The third kappa shape index (κ3) is 7.76. The average molecular weight is 177 g/mol. The Bertz CT molecular complexity index is 142. The second-order valence-corrected chi connectivity index (χ2v) is 8.75. The molecule has 0 bridgehead atoms. The van der Waals surface area contributed by atoms with Gasteiger partial charge in [-0.05, 0) is 0 Å². The molecule has 0 fully saturated rings. The fourth-order valence-corrected chi connectivity index (χ4v) is 2.52. The normalized spacial score (nSPS) is 14.5. The summed E-state index contributed by atoms with van der Waals surface area (Å²) in [5.41, 5.74) is 5.57. The third-order valence-corrected chi connectivity index (χ3v) is 2.78. The number of rotatable bonds is 4. The molecule has 0 spiro atoms. The molecule has 66 valence electrons. The fourth-order valence-electron chi connectivity index (χ4n) is 0.982. The SMILES string of the molecule is C[P+](C)(C)CC(N)CC(=O)[O-]. The molecule has 0 amide bonds. The average Bonchev–Trinajstić information content (AvgIpc) is 1.53. The Morgan fingerprint density at radius 1 is 1.55 bits per heavy atom. The van der Waals surface area contributed by atoms with Gasteiger partial charge in [-0.25, -0.2) is 0 Å². The van der Waals surface area contributed by atoms with Gasteiger partial charge in [0, 0.05) is 45.7 Å². The highest BCUT2D eigenvalue weighted by Crippen LogP contribution is 2.46. The van der Waals surface area contributed by atoms with Crippen LogP contribution in [0.15, 0.2) is 0 Å². The van der Waals surface area contributed by atoms with Gasteiger partial charge in [-0.3, -0.25) is 0 Å². The van der Waals surface area contributed by atoms with Gasteiger partial charge in [-0.2, -0.15) is 0 Å². The number of hydrogen-bond donors (Lipinski definition) is 1. The number of carbonyl (C=O) groups is 1. The summed E-state index contributed by atoms with van der Waals surface area (Å²) in [4.78, 5) is 10.1. The lowest BCUT2D eigenvalue weighted by atomic mass is 10.2. The van der Waals surface area contributed by atoms with Crippen LogP contribution < -0.4 is 10.8 Å². The molecule has 0 aliphatic rings. The Labute approximate surface area is 68.3 Å². The van der Waals surface area contributed by atoms with Crippen molar-refractivity contribution in [3.63, 3.8) is 0 Å². The summed E-state index contributed by atoms with van der Waals surface area (Å²) in [5.74, 6) is -1.05. The zero-order valence-electron chi connectivity index (χ0n) is 7.33. The molecule has 1 atom stereocenters. The molecular formula is C7H16NO2P. The summed E-state index contributed by atoms with van der Waals surface area (Å²) in [6.07, 6.45) is 0.804. The van der Waals surface area contributed by atoms with E-state index in [4.69, 9.17) is 5.73 Å². The smallest absolute Gasteiger partial charge is 0.0741 e. The van der Waals surface area contributed by atoms with Crippen LogP contribution in [0.1, 0.15) is 6.42 Å². The highest BCUT2D eigenvalue weighted by Gasteiger charge is 2.21. The molecule has 0 rings (SSSR count). The van der Waals surface area contributed by atoms with Gasteiger partial charge in [0.1, 0.15) is 0 Å². The predicted octanol–water partition coefficient (Wildman–Crippen LogP) is -0.639. The van der Waals surface area contributed by atoms with Gasteiger partial charge in [0.15, 0.2) is 0 Å². The van der Waals surface area contributed by atoms with Crippen molar-refractivity contribution in [2.24, 2.45) is 5.73 Å². The van der Waals surface area contributed by atoms with E-state index < -0.39 is 13.2 Å². The molecule has 3 nitrogen and oxygen atoms in total. The Morgan fingerprint density at radius 2 is 2.00 bits per heavy atom. The molecule has 4 heteroatoms. The molecule has 0 aromatic carbocycles. The van der Waals surface area contributed by atoms with Crippen molar-refractivity contribution in [1.82, 2.24) is 0 Å². The first-order valence-electron chi connectivity index (χ1n) is 3.57. The number of aliphatic carboxylic acids is 1. The maximum Gasteiger partial charge on any atom is 0.0741 e. The summed E-state index contributed by atoms with van der Waals surface area (Å²) >= 11 is 0. The molecule has 0 aliphatic heterocycles. The minimum atomic E-state index is -1.05. The van der Waals surface area contributed by atoms with Gasteiger partial charge >= 0.3 is 0 Å². The standard InChI is InChI=1S/C7H16NO2P/c1-11(2,3)5-6(8)4-7(9)10/h6H,4-5,8H2,1-3H3. The van der Waals surface area contributed by atoms with Crippen molar-refractivity contribution < 1.29 is 9.90 Å². The van der Waals surface area contributed by atoms with E-state index in [2.05, 4.69) is 20.0 Å². The lowest BCUT2D eigenvalue weighted by Gasteiger charge is -2.17. The first kappa shape index (κ1) is 10.9. The van der Waals surface area contributed by atoms with Gasteiger partial charge in [0.05, 0.1) is 6.16 Å². The van der Waals surface area contributed by atoms with Crippen molar-refractivity contribution in [2.75, 3.05) is 26.2 Å². The van der Waals surface area contributed by atoms with Crippen LogP contribution in [-0.2, 0) is 4.79 Å². The number of hydrogen-bond acceptors (Lipinski definition) is 3. The van der Waals surface area contributed by atoms with Crippen molar-refractivity contribution >= 4 is 13.2 Å². The quantitative estimate of drug-likeness (QED) is 0.581. The lowest BCUT2D eigenvalue weighted by Crippen LogP contribution is -2.34. The molecule has 0 saturated heterocycles. The summed E-state index contributed by atoms with van der Waals surface area (Å²) in [6, 6.07) is -0.228. The Hall–Kier alpha value is -0.140. The molecule has 0 aromatic rings. The topological polar surface area (TPSA) is 66.2 Å². The predicted molar refractivity (Wildman–Crippen MR) is 47.2 cm³/mol. The van der Waals surface area contributed by atoms with E-state index in [9.17, 15) is 9.90 Å². The molecule has 1 unspecified atom stereocenters. The van der Waals surface area contributed by atoms with Gasteiger partial charge in [-0.1, -0.05) is 0 Å². The van der Waals surface area contributed by atoms with Crippen LogP contribution >= 0.6 is 7.26 Å². The zero-order chi connectivity index (χ0) is 9.07. The fraction of sp³-hybridized carbons (Fsp3) is 0.857. The van der Waals surface area contributed by atoms with E-state index in [0.717, 1.165) is 6.16 Å². The zero-order valence-corrected chi connectivity index (χ0v) is 8.23. The Morgan fingerprint density at radius 3 is 2.27 bits per heavy atom. The molecule has 0 radical (unpaired) electrons. The molecule has 11 heavy (non-hydrogen) atoms. The van der Waals surface area contributed by atoms with E-state index in [1.165, 1.54) is 0 Å². The molecule has 0 aromatic heterocycles.